The van der Waals surface area contributed by atoms with Gasteiger partial charge in [0.1, 0.15) is 5.69 Å². The molecular weight excluding hydrogens is 486 g/mol. The Morgan fingerprint density at radius 1 is 0.892 bits per heavy atom. The number of carbonyl (C=O) groups excluding carboxylic acids is 1. The van der Waals surface area contributed by atoms with Gasteiger partial charge in [0.25, 0.3) is 5.56 Å². The van der Waals surface area contributed by atoms with Gasteiger partial charge < -0.3 is 20.5 Å². The number of fused-ring (bicyclic) bond motifs is 1. The van der Waals surface area contributed by atoms with Crippen LogP contribution in [0.3, 0.4) is 0 Å². The van der Waals surface area contributed by atoms with Gasteiger partial charge in [-0.3, -0.25) is 4.79 Å². The van der Waals surface area contributed by atoms with Gasteiger partial charge in [0.2, 0.25) is 0 Å². The van der Waals surface area contributed by atoms with Gasteiger partial charge >= 0.3 is 6.03 Å². The number of anilines is 2. The van der Waals surface area contributed by atoms with Crippen LogP contribution in [0.2, 0.25) is 5.02 Å². The van der Waals surface area contributed by atoms with E-state index in [4.69, 9.17) is 11.6 Å². The summed E-state index contributed by atoms with van der Waals surface area (Å²) in [4.78, 5) is 30.5. The lowest BCUT2D eigenvalue weighted by molar-refractivity contribution is 0.262. The molecule has 1 aromatic heterocycles. The van der Waals surface area contributed by atoms with Gasteiger partial charge in [-0.25, -0.2) is 9.78 Å². The summed E-state index contributed by atoms with van der Waals surface area (Å²) in [5, 5.41) is 9.76. The minimum absolute atomic E-state index is 0.0773. The van der Waals surface area contributed by atoms with Crippen molar-refractivity contribution in [2.75, 3.05) is 10.6 Å². The van der Waals surface area contributed by atoms with Gasteiger partial charge in [0.05, 0.1) is 17.6 Å². The van der Waals surface area contributed by atoms with Crippen LogP contribution in [0.5, 0.6) is 0 Å². The fourth-order valence-electron chi connectivity index (χ4n) is 4.77. The smallest absolute Gasteiger partial charge is 0.308 e. The summed E-state index contributed by atoms with van der Waals surface area (Å²) in [6, 6.07) is 22.2. The first-order chi connectivity index (χ1) is 18.0. The van der Waals surface area contributed by atoms with E-state index in [9.17, 15) is 9.59 Å². The highest BCUT2D eigenvalue weighted by Gasteiger charge is 2.16. The van der Waals surface area contributed by atoms with Crippen molar-refractivity contribution in [3.8, 4) is 0 Å². The summed E-state index contributed by atoms with van der Waals surface area (Å²) in [6.45, 7) is 0.884. The number of hydrogen-bond donors (Lipinski definition) is 3. The van der Waals surface area contributed by atoms with Gasteiger partial charge in [-0.15, -0.1) is 0 Å². The number of para-hydroxylation sites is 2. The monoisotopic (exact) mass is 515 g/mol. The van der Waals surface area contributed by atoms with Gasteiger partial charge in [0.15, 0.2) is 0 Å². The number of benzene rings is 3. The quantitative estimate of drug-likeness (QED) is 0.275. The summed E-state index contributed by atoms with van der Waals surface area (Å²) in [6.07, 6.45) is 6.07. The van der Waals surface area contributed by atoms with E-state index in [0.717, 1.165) is 29.4 Å². The Morgan fingerprint density at radius 3 is 2.24 bits per heavy atom. The molecule has 1 heterocycles. The van der Waals surface area contributed by atoms with Gasteiger partial charge in [0, 0.05) is 29.0 Å². The molecule has 0 radical (unpaired) electrons. The van der Waals surface area contributed by atoms with Crippen LogP contribution >= 0.6 is 11.6 Å². The molecule has 0 atom stereocenters. The van der Waals surface area contributed by atoms with Crippen LogP contribution in [0.1, 0.15) is 43.4 Å². The van der Waals surface area contributed by atoms with E-state index < -0.39 is 0 Å². The molecule has 3 aromatic carbocycles. The highest BCUT2D eigenvalue weighted by atomic mass is 35.5. The van der Waals surface area contributed by atoms with E-state index in [1.165, 1.54) is 19.3 Å². The normalized spacial score (nSPS) is 14.0. The maximum Gasteiger partial charge on any atom is 0.323 e. The van der Waals surface area contributed by atoms with Gasteiger partial charge in [-0.1, -0.05) is 55.1 Å². The Hall–Kier alpha value is -3.68. The van der Waals surface area contributed by atoms with Crippen LogP contribution in [0.15, 0.2) is 77.6 Å². The molecule has 37 heavy (non-hydrogen) atoms. The van der Waals surface area contributed by atoms with Crippen molar-refractivity contribution < 1.29 is 4.79 Å². The van der Waals surface area contributed by atoms with Crippen LogP contribution in [0, 0.1) is 0 Å². The summed E-state index contributed by atoms with van der Waals surface area (Å²) in [5.74, 6) is 0. The largest absolute Gasteiger partial charge is 0.323 e. The fraction of sp³-hybridized carbons (Fsp3) is 0.276. The molecule has 3 N–H and O–H groups in total. The van der Waals surface area contributed by atoms with Crippen LogP contribution in [-0.2, 0) is 13.1 Å². The lowest BCUT2D eigenvalue weighted by Crippen LogP contribution is -2.35. The Morgan fingerprint density at radius 2 is 1.54 bits per heavy atom. The topological polar surface area (TPSA) is 88.0 Å². The second-order valence-electron chi connectivity index (χ2n) is 9.44. The van der Waals surface area contributed by atoms with Crippen molar-refractivity contribution in [1.82, 2.24) is 14.9 Å². The van der Waals surface area contributed by atoms with Crippen LogP contribution in [-0.4, -0.2) is 21.6 Å². The Balaban J connectivity index is 1.30. The molecule has 1 saturated carbocycles. The molecule has 0 saturated heterocycles. The zero-order chi connectivity index (χ0) is 25.6. The number of nitrogens with one attached hydrogen (secondary N) is 3. The summed E-state index contributed by atoms with van der Waals surface area (Å²) < 4.78 is 1.79. The zero-order valence-corrected chi connectivity index (χ0v) is 21.3. The number of amides is 2. The van der Waals surface area contributed by atoms with Crippen LogP contribution in [0.25, 0.3) is 11.0 Å². The minimum atomic E-state index is -0.346. The number of urea groups is 1. The Bertz CT molecular complexity index is 1430. The van der Waals surface area contributed by atoms with E-state index in [-0.39, 0.29) is 11.6 Å². The molecule has 190 valence electrons. The Kier molecular flexibility index (Phi) is 7.82. The first-order valence-corrected chi connectivity index (χ1v) is 13.1. The SMILES string of the molecule is O=C(Nc1ccc(Cl)cc1)Nc1ccc(Cn2c(=O)c(CNC3CCCCC3)nc3ccccc32)cc1. The molecule has 5 rings (SSSR count). The van der Waals surface area contributed by atoms with Crippen molar-refractivity contribution in [2.45, 2.75) is 51.2 Å². The second-order valence-corrected chi connectivity index (χ2v) is 9.87. The summed E-state index contributed by atoms with van der Waals surface area (Å²) >= 11 is 5.89. The van der Waals surface area contributed by atoms with Crippen molar-refractivity contribution in [1.29, 1.82) is 0 Å². The highest BCUT2D eigenvalue weighted by Crippen LogP contribution is 2.19. The average molecular weight is 516 g/mol. The highest BCUT2D eigenvalue weighted by molar-refractivity contribution is 6.30. The molecule has 1 aliphatic rings. The van der Waals surface area contributed by atoms with E-state index in [0.29, 0.717) is 41.2 Å². The molecule has 2 amide bonds. The van der Waals surface area contributed by atoms with E-state index in [2.05, 4.69) is 20.9 Å². The minimum Gasteiger partial charge on any atom is -0.308 e. The predicted octanol–water partition coefficient (Wildman–Crippen LogP) is 6.16. The van der Waals surface area contributed by atoms with Gasteiger partial charge in [-0.2, -0.15) is 0 Å². The molecule has 1 aliphatic carbocycles. The molecule has 8 heteroatoms. The molecule has 0 unspecified atom stereocenters. The summed E-state index contributed by atoms with van der Waals surface area (Å²) in [5.41, 5.74) is 4.33. The lowest BCUT2D eigenvalue weighted by atomic mass is 9.95. The maximum atomic E-state index is 13.5. The molecule has 4 aromatic rings. The number of nitrogens with zero attached hydrogens (tertiary/aromatic N) is 2. The third-order valence-corrected chi connectivity index (χ3v) is 6.99. The van der Waals surface area contributed by atoms with Crippen molar-refractivity contribution in [3.05, 3.63) is 99.4 Å². The first kappa shape index (κ1) is 25.0. The zero-order valence-electron chi connectivity index (χ0n) is 20.5. The molecule has 7 nitrogen and oxygen atoms in total. The second kappa shape index (κ2) is 11.6. The number of halogens is 1. The predicted molar refractivity (Wildman–Crippen MR) is 149 cm³/mol. The maximum absolute atomic E-state index is 13.5. The average Bonchev–Trinajstić information content (AvgIpc) is 2.92. The number of aromatic nitrogens is 2. The molecular formula is C29H30ClN5O2. The lowest BCUT2D eigenvalue weighted by Gasteiger charge is -2.22. The number of rotatable bonds is 7. The van der Waals surface area contributed by atoms with Crippen molar-refractivity contribution in [2.24, 2.45) is 0 Å². The fourth-order valence-corrected chi connectivity index (χ4v) is 4.89. The van der Waals surface area contributed by atoms with E-state index in [1.807, 2.05) is 48.5 Å². The molecule has 0 bridgehead atoms. The summed E-state index contributed by atoms with van der Waals surface area (Å²) in [7, 11) is 0. The number of carbonyl (C=O) groups is 1. The Labute approximate surface area is 220 Å². The van der Waals surface area contributed by atoms with Crippen molar-refractivity contribution in [3.63, 3.8) is 0 Å². The third-order valence-electron chi connectivity index (χ3n) is 6.74. The van der Waals surface area contributed by atoms with Crippen molar-refractivity contribution >= 4 is 40.0 Å². The molecule has 1 fully saturated rings. The van der Waals surface area contributed by atoms with Gasteiger partial charge in [-0.05, 0) is 66.9 Å². The molecule has 0 spiro atoms. The number of hydrogen-bond acceptors (Lipinski definition) is 4. The standard InChI is InChI=1S/C29H30ClN5O2/c30-21-12-16-24(17-13-21)33-29(37)32-23-14-10-20(11-15-23)19-35-27-9-5-4-8-25(27)34-26(28(35)36)18-31-22-6-2-1-3-7-22/h4-5,8-17,22,31H,1-3,6-7,18-19H2,(H2,32,33,37). The van der Waals surface area contributed by atoms with Crippen LogP contribution < -0.4 is 21.5 Å². The van der Waals surface area contributed by atoms with Crippen LogP contribution in [0.4, 0.5) is 16.2 Å². The van der Waals surface area contributed by atoms with E-state index in [1.54, 1.807) is 28.8 Å². The first-order valence-electron chi connectivity index (χ1n) is 12.7. The van der Waals surface area contributed by atoms with E-state index >= 15 is 0 Å². The molecule has 0 aliphatic heterocycles. The third kappa shape index (κ3) is 6.37.